The summed E-state index contributed by atoms with van der Waals surface area (Å²) in [7, 11) is 0. The average Bonchev–Trinajstić information content (AvgIpc) is 2.14. The molecule has 0 atom stereocenters. The van der Waals surface area contributed by atoms with E-state index in [4.69, 9.17) is 5.73 Å². The molecule has 3 nitrogen and oxygen atoms in total. The fraction of sp³-hybridized carbons (Fsp3) is 0.800. The number of carbonyl (C=O) groups excluding carboxylic acids is 1. The summed E-state index contributed by atoms with van der Waals surface area (Å²) < 4.78 is 36.9. The number of thiocarbonyl (C=S) groups is 1. The average molecular weight is 270 g/mol. The van der Waals surface area contributed by atoms with Gasteiger partial charge < -0.3 is 10.6 Å². The molecule has 0 aromatic rings. The van der Waals surface area contributed by atoms with Crippen LogP contribution in [0.2, 0.25) is 0 Å². The largest absolute Gasteiger partial charge is 0.471 e. The van der Waals surface area contributed by atoms with E-state index in [1.807, 2.05) is 13.8 Å². The molecule has 7 heteroatoms. The molecule has 0 aliphatic rings. The van der Waals surface area contributed by atoms with Crippen LogP contribution in [-0.2, 0) is 4.79 Å². The molecule has 0 aromatic heterocycles. The van der Waals surface area contributed by atoms with Crippen LogP contribution in [0.5, 0.6) is 0 Å². The molecule has 0 aliphatic heterocycles. The minimum Gasteiger partial charge on any atom is -0.393 e. The minimum atomic E-state index is -4.84. The Kier molecular flexibility index (Phi) is 6.44. The molecule has 0 rings (SSSR count). The summed E-state index contributed by atoms with van der Waals surface area (Å²) >= 11 is 4.59. The molecular formula is C10H17F3N2OS. The smallest absolute Gasteiger partial charge is 0.393 e. The van der Waals surface area contributed by atoms with E-state index in [2.05, 4.69) is 12.2 Å². The first-order chi connectivity index (χ1) is 7.64. The zero-order chi connectivity index (χ0) is 13.6. The number of nitrogens with two attached hydrogens (primary N) is 1. The van der Waals surface area contributed by atoms with Crippen molar-refractivity contribution in [3.8, 4) is 0 Å². The Morgan fingerprint density at radius 1 is 1.35 bits per heavy atom. The molecule has 0 spiro atoms. The molecule has 2 N–H and O–H groups in total. The third-order valence-electron chi connectivity index (χ3n) is 2.13. The van der Waals surface area contributed by atoms with Gasteiger partial charge in [0.25, 0.3) is 0 Å². The van der Waals surface area contributed by atoms with E-state index in [0.29, 0.717) is 6.42 Å². The number of alkyl halides is 3. The lowest BCUT2D eigenvalue weighted by Crippen LogP contribution is -2.43. The Morgan fingerprint density at radius 3 is 2.24 bits per heavy atom. The lowest BCUT2D eigenvalue weighted by molar-refractivity contribution is -0.185. The number of hydrogen-bond acceptors (Lipinski definition) is 2. The number of rotatable bonds is 6. The lowest BCUT2D eigenvalue weighted by atomic mass is 10.1. The van der Waals surface area contributed by atoms with Crippen LogP contribution in [0.4, 0.5) is 13.2 Å². The summed E-state index contributed by atoms with van der Waals surface area (Å²) in [5.41, 5.74) is 5.22. The van der Waals surface area contributed by atoms with Crippen LogP contribution in [0.1, 0.15) is 26.7 Å². The molecule has 0 heterocycles. The van der Waals surface area contributed by atoms with Crippen molar-refractivity contribution in [2.45, 2.75) is 32.9 Å². The van der Waals surface area contributed by atoms with Crippen LogP contribution >= 0.6 is 12.2 Å². The van der Waals surface area contributed by atoms with E-state index in [9.17, 15) is 18.0 Å². The molecule has 0 radical (unpaired) electrons. The quantitative estimate of drug-likeness (QED) is 0.752. The number of carbonyl (C=O) groups is 1. The molecule has 0 bridgehead atoms. The van der Waals surface area contributed by atoms with Crippen LogP contribution in [0.3, 0.4) is 0 Å². The van der Waals surface area contributed by atoms with Crippen molar-refractivity contribution >= 4 is 23.1 Å². The molecule has 17 heavy (non-hydrogen) atoms. The molecule has 0 saturated heterocycles. The lowest BCUT2D eigenvalue weighted by Gasteiger charge is -2.24. The summed E-state index contributed by atoms with van der Waals surface area (Å²) in [5, 5.41) is 0. The maximum atomic E-state index is 12.3. The summed E-state index contributed by atoms with van der Waals surface area (Å²) in [5.74, 6) is -1.60. The van der Waals surface area contributed by atoms with Gasteiger partial charge in [0.05, 0.1) is 4.99 Å². The van der Waals surface area contributed by atoms with Gasteiger partial charge in [-0.15, -0.1) is 0 Å². The molecule has 1 amide bonds. The normalized spacial score (nSPS) is 11.6. The second-order valence-corrected chi connectivity index (χ2v) is 4.71. The predicted octanol–water partition coefficient (Wildman–Crippen LogP) is 2.10. The van der Waals surface area contributed by atoms with Gasteiger partial charge in [-0.25, -0.2) is 0 Å². The first-order valence-corrected chi connectivity index (χ1v) is 5.69. The molecule has 0 unspecified atom stereocenters. The zero-order valence-corrected chi connectivity index (χ0v) is 10.7. The summed E-state index contributed by atoms with van der Waals surface area (Å²) in [6.45, 7) is 3.74. The Hall–Kier alpha value is -0.850. The number of halogens is 3. The maximum Gasteiger partial charge on any atom is 0.471 e. The highest BCUT2D eigenvalue weighted by Gasteiger charge is 2.42. The Bertz CT molecular complexity index is 279. The Morgan fingerprint density at radius 2 is 1.88 bits per heavy atom. The highest BCUT2D eigenvalue weighted by atomic mass is 32.1. The van der Waals surface area contributed by atoms with Gasteiger partial charge in [-0.05, 0) is 12.3 Å². The molecule has 0 aromatic carbocycles. The van der Waals surface area contributed by atoms with Gasteiger partial charge in [0, 0.05) is 19.5 Å². The van der Waals surface area contributed by atoms with Crippen molar-refractivity contribution in [1.29, 1.82) is 0 Å². The van der Waals surface area contributed by atoms with E-state index < -0.39 is 12.1 Å². The van der Waals surface area contributed by atoms with Crippen LogP contribution in [0, 0.1) is 5.92 Å². The van der Waals surface area contributed by atoms with Gasteiger partial charge in [0.2, 0.25) is 0 Å². The fourth-order valence-corrected chi connectivity index (χ4v) is 1.24. The Labute approximate surface area is 104 Å². The van der Waals surface area contributed by atoms with Gasteiger partial charge in [-0.2, -0.15) is 13.2 Å². The topological polar surface area (TPSA) is 46.3 Å². The maximum absolute atomic E-state index is 12.3. The third kappa shape index (κ3) is 7.14. The van der Waals surface area contributed by atoms with Crippen LogP contribution in [-0.4, -0.2) is 35.1 Å². The number of nitrogens with zero attached hydrogens (tertiary/aromatic N) is 1. The van der Waals surface area contributed by atoms with Crippen LogP contribution in [0.25, 0.3) is 0 Å². The summed E-state index contributed by atoms with van der Waals surface area (Å²) in [6, 6.07) is 0. The van der Waals surface area contributed by atoms with E-state index in [0.717, 1.165) is 4.90 Å². The van der Waals surface area contributed by atoms with Crippen molar-refractivity contribution in [3.05, 3.63) is 0 Å². The van der Waals surface area contributed by atoms with Crippen LogP contribution < -0.4 is 5.73 Å². The van der Waals surface area contributed by atoms with Crippen LogP contribution in [0.15, 0.2) is 0 Å². The number of amides is 1. The van der Waals surface area contributed by atoms with Gasteiger partial charge in [-0.3, -0.25) is 4.79 Å². The first-order valence-electron chi connectivity index (χ1n) is 5.29. The SMILES string of the molecule is CC(C)CCN(CCC(N)=S)C(=O)C(F)(F)F. The van der Waals surface area contributed by atoms with Crippen molar-refractivity contribution in [2.75, 3.05) is 13.1 Å². The van der Waals surface area contributed by atoms with Gasteiger partial charge in [0.15, 0.2) is 0 Å². The van der Waals surface area contributed by atoms with Gasteiger partial charge in [0.1, 0.15) is 0 Å². The van der Waals surface area contributed by atoms with Crippen molar-refractivity contribution < 1.29 is 18.0 Å². The van der Waals surface area contributed by atoms with Gasteiger partial charge in [-0.1, -0.05) is 26.1 Å². The first kappa shape index (κ1) is 16.1. The zero-order valence-electron chi connectivity index (χ0n) is 9.88. The molecule has 100 valence electrons. The molecule has 0 saturated carbocycles. The molecular weight excluding hydrogens is 253 g/mol. The predicted molar refractivity (Wildman–Crippen MR) is 63.5 cm³/mol. The second kappa shape index (κ2) is 6.78. The van der Waals surface area contributed by atoms with E-state index >= 15 is 0 Å². The van der Waals surface area contributed by atoms with Crippen molar-refractivity contribution in [1.82, 2.24) is 4.90 Å². The molecule has 0 aliphatic carbocycles. The Balaban J connectivity index is 4.49. The van der Waals surface area contributed by atoms with E-state index in [-0.39, 0.29) is 30.4 Å². The van der Waals surface area contributed by atoms with E-state index in [1.54, 1.807) is 0 Å². The third-order valence-corrected chi connectivity index (χ3v) is 2.34. The minimum absolute atomic E-state index is 0.0681. The fourth-order valence-electron chi connectivity index (χ4n) is 1.15. The van der Waals surface area contributed by atoms with E-state index in [1.165, 1.54) is 0 Å². The standard InChI is InChI=1S/C10H17F3N2OS/c1-7(2)3-5-15(6-4-8(14)17)9(16)10(11,12)13/h7H,3-6H2,1-2H3,(H2,14,17). The highest BCUT2D eigenvalue weighted by Crippen LogP contribution is 2.19. The van der Waals surface area contributed by atoms with Crippen molar-refractivity contribution in [3.63, 3.8) is 0 Å². The summed E-state index contributed by atoms with van der Waals surface area (Å²) in [6.07, 6.45) is -4.22. The highest BCUT2D eigenvalue weighted by molar-refractivity contribution is 7.80. The summed E-state index contributed by atoms with van der Waals surface area (Å²) in [4.78, 5) is 12.0. The number of hydrogen-bond donors (Lipinski definition) is 1. The van der Waals surface area contributed by atoms with Crippen molar-refractivity contribution in [2.24, 2.45) is 11.7 Å². The molecule has 0 fully saturated rings. The van der Waals surface area contributed by atoms with Gasteiger partial charge >= 0.3 is 12.1 Å². The second-order valence-electron chi connectivity index (χ2n) is 4.19. The monoisotopic (exact) mass is 270 g/mol.